The van der Waals surface area contributed by atoms with E-state index in [1.807, 2.05) is 0 Å². The van der Waals surface area contributed by atoms with Gasteiger partial charge in [-0.2, -0.15) is 26.3 Å². The summed E-state index contributed by atoms with van der Waals surface area (Å²) in [7, 11) is 0. The van der Waals surface area contributed by atoms with E-state index in [9.17, 15) is 35.9 Å². The standard InChI is InChI=1S/C13H10F6O4/c14-12(15,16)11(6-9(20)21,13(17,18)19)10(22)23-7-8-4-2-1-3-5-8/h1-5H,6-7H2,(H,20,21). The van der Waals surface area contributed by atoms with E-state index in [0.29, 0.717) is 0 Å². The average Bonchev–Trinajstić information content (AvgIpc) is 2.40. The Morgan fingerprint density at radius 1 is 0.957 bits per heavy atom. The van der Waals surface area contributed by atoms with Crippen molar-refractivity contribution < 1.29 is 45.8 Å². The molecule has 1 aromatic rings. The molecule has 1 N–H and O–H groups in total. The normalized spacial score (nSPS) is 12.8. The SMILES string of the molecule is O=C(O)CC(C(=O)OCc1ccccc1)(C(F)(F)F)C(F)(F)F. The van der Waals surface area contributed by atoms with Gasteiger partial charge in [-0.3, -0.25) is 9.59 Å². The number of ether oxygens (including phenoxy) is 1. The number of rotatable bonds is 5. The molecule has 0 atom stereocenters. The summed E-state index contributed by atoms with van der Waals surface area (Å²) < 4.78 is 81.6. The molecule has 0 amide bonds. The van der Waals surface area contributed by atoms with E-state index < -0.39 is 42.7 Å². The molecule has 23 heavy (non-hydrogen) atoms. The first-order valence-electron chi connectivity index (χ1n) is 5.98. The predicted octanol–water partition coefficient (Wildman–Crippen LogP) is 3.32. The molecule has 10 heteroatoms. The molecule has 0 saturated carbocycles. The minimum Gasteiger partial charge on any atom is -0.481 e. The Bertz CT molecular complexity index is 550. The smallest absolute Gasteiger partial charge is 0.414 e. The Hall–Kier alpha value is -2.26. The highest BCUT2D eigenvalue weighted by atomic mass is 19.4. The first kappa shape index (κ1) is 18.8. The van der Waals surface area contributed by atoms with Crippen molar-refractivity contribution in [2.45, 2.75) is 25.4 Å². The fourth-order valence-electron chi connectivity index (χ4n) is 1.74. The van der Waals surface area contributed by atoms with E-state index in [0.717, 1.165) is 0 Å². The quantitative estimate of drug-likeness (QED) is 0.657. The predicted molar refractivity (Wildman–Crippen MR) is 63.0 cm³/mol. The average molecular weight is 344 g/mol. The maximum Gasteiger partial charge on any atom is 0.414 e. The van der Waals surface area contributed by atoms with Crippen molar-refractivity contribution >= 4 is 11.9 Å². The largest absolute Gasteiger partial charge is 0.481 e. The molecule has 128 valence electrons. The molecule has 0 bridgehead atoms. The molecule has 0 aliphatic rings. The lowest BCUT2D eigenvalue weighted by atomic mass is 9.82. The molecule has 0 aromatic heterocycles. The van der Waals surface area contributed by atoms with Gasteiger partial charge in [0, 0.05) is 0 Å². The van der Waals surface area contributed by atoms with Gasteiger partial charge in [-0.05, 0) is 5.56 Å². The van der Waals surface area contributed by atoms with E-state index in [1.54, 1.807) is 0 Å². The summed E-state index contributed by atoms with van der Waals surface area (Å²) in [5.41, 5.74) is -4.98. The molecular formula is C13H10F6O4. The second-order valence-corrected chi connectivity index (χ2v) is 4.53. The lowest BCUT2D eigenvalue weighted by Gasteiger charge is -2.33. The molecule has 0 saturated heterocycles. The van der Waals surface area contributed by atoms with Crippen LogP contribution in [0.2, 0.25) is 0 Å². The zero-order chi connectivity index (χ0) is 17.9. The number of carboxylic acids is 1. The Balaban J connectivity index is 3.17. The van der Waals surface area contributed by atoms with Crippen LogP contribution < -0.4 is 0 Å². The van der Waals surface area contributed by atoms with Crippen LogP contribution in [0.4, 0.5) is 26.3 Å². The minimum absolute atomic E-state index is 0.148. The lowest BCUT2D eigenvalue weighted by Crippen LogP contribution is -2.57. The van der Waals surface area contributed by atoms with Crippen molar-refractivity contribution in [1.82, 2.24) is 0 Å². The van der Waals surface area contributed by atoms with E-state index in [4.69, 9.17) is 5.11 Å². The zero-order valence-electron chi connectivity index (χ0n) is 11.2. The van der Waals surface area contributed by atoms with Crippen molar-refractivity contribution in [1.29, 1.82) is 0 Å². The molecule has 0 spiro atoms. The first-order chi connectivity index (χ1) is 10.4. The monoisotopic (exact) mass is 344 g/mol. The van der Waals surface area contributed by atoms with Crippen LogP contribution in [0.3, 0.4) is 0 Å². The fraction of sp³-hybridized carbons (Fsp3) is 0.385. The fourth-order valence-corrected chi connectivity index (χ4v) is 1.74. The van der Waals surface area contributed by atoms with Crippen LogP contribution >= 0.6 is 0 Å². The van der Waals surface area contributed by atoms with E-state index >= 15 is 0 Å². The van der Waals surface area contributed by atoms with Gasteiger partial charge in [0.2, 0.25) is 0 Å². The van der Waals surface area contributed by atoms with Gasteiger partial charge in [-0.15, -0.1) is 0 Å². The topological polar surface area (TPSA) is 63.6 Å². The molecule has 1 aromatic carbocycles. The summed E-state index contributed by atoms with van der Waals surface area (Å²) in [6.45, 7) is -0.854. The molecule has 0 aliphatic heterocycles. The molecule has 0 unspecified atom stereocenters. The summed E-state index contributed by atoms with van der Waals surface area (Å²) in [6.07, 6.45) is -14.9. The van der Waals surface area contributed by atoms with Crippen LogP contribution in [0.1, 0.15) is 12.0 Å². The third kappa shape index (κ3) is 3.93. The number of hydrogen-bond acceptors (Lipinski definition) is 3. The summed E-state index contributed by atoms with van der Waals surface area (Å²) in [6, 6.07) is 7.02. The molecule has 1 rings (SSSR count). The number of carboxylic acid groups (broad SMARTS) is 1. The number of alkyl halides is 6. The van der Waals surface area contributed by atoms with E-state index in [1.165, 1.54) is 30.3 Å². The van der Waals surface area contributed by atoms with Gasteiger partial charge in [0.1, 0.15) is 6.61 Å². The summed E-state index contributed by atoms with van der Waals surface area (Å²) in [5.74, 6) is -5.14. The van der Waals surface area contributed by atoms with Crippen LogP contribution in [0.25, 0.3) is 0 Å². The van der Waals surface area contributed by atoms with Gasteiger partial charge in [-0.1, -0.05) is 30.3 Å². The van der Waals surface area contributed by atoms with Crippen LogP contribution in [-0.4, -0.2) is 29.4 Å². The summed E-state index contributed by atoms with van der Waals surface area (Å²) in [4.78, 5) is 22.0. The highest BCUT2D eigenvalue weighted by Crippen LogP contribution is 2.53. The Morgan fingerprint density at radius 2 is 1.43 bits per heavy atom. The number of carbonyl (C=O) groups is 2. The van der Waals surface area contributed by atoms with Gasteiger partial charge in [0.05, 0.1) is 6.42 Å². The maximum absolute atomic E-state index is 12.9. The Morgan fingerprint density at radius 3 is 1.83 bits per heavy atom. The summed E-state index contributed by atoms with van der Waals surface area (Å²) in [5, 5.41) is 8.40. The molecule has 0 aliphatic carbocycles. The highest BCUT2D eigenvalue weighted by Gasteiger charge is 2.77. The van der Waals surface area contributed by atoms with Gasteiger partial charge in [0.25, 0.3) is 5.41 Å². The maximum atomic E-state index is 12.9. The second-order valence-electron chi connectivity index (χ2n) is 4.53. The minimum atomic E-state index is -6.18. The number of aliphatic carboxylic acids is 1. The lowest BCUT2D eigenvalue weighted by molar-refractivity contribution is -0.333. The van der Waals surface area contributed by atoms with Gasteiger partial charge >= 0.3 is 24.3 Å². The number of benzene rings is 1. The van der Waals surface area contributed by atoms with Crippen LogP contribution in [0.15, 0.2) is 30.3 Å². The highest BCUT2D eigenvalue weighted by molar-refractivity contribution is 5.84. The van der Waals surface area contributed by atoms with Crippen molar-refractivity contribution in [3.63, 3.8) is 0 Å². The van der Waals surface area contributed by atoms with Crippen molar-refractivity contribution in [3.8, 4) is 0 Å². The van der Waals surface area contributed by atoms with Gasteiger partial charge < -0.3 is 9.84 Å². The third-order valence-corrected chi connectivity index (χ3v) is 2.95. The summed E-state index contributed by atoms with van der Waals surface area (Å²) >= 11 is 0. The Labute approximate surface area is 125 Å². The molecular weight excluding hydrogens is 334 g/mol. The van der Waals surface area contributed by atoms with E-state index in [2.05, 4.69) is 4.74 Å². The van der Waals surface area contributed by atoms with Crippen molar-refractivity contribution in [2.24, 2.45) is 5.41 Å². The van der Waals surface area contributed by atoms with Crippen molar-refractivity contribution in [2.75, 3.05) is 0 Å². The van der Waals surface area contributed by atoms with Crippen LogP contribution in [0, 0.1) is 5.41 Å². The van der Waals surface area contributed by atoms with Crippen molar-refractivity contribution in [3.05, 3.63) is 35.9 Å². The molecule has 4 nitrogen and oxygen atoms in total. The third-order valence-electron chi connectivity index (χ3n) is 2.95. The molecule has 0 fully saturated rings. The number of esters is 1. The number of hydrogen-bond donors (Lipinski definition) is 1. The van der Waals surface area contributed by atoms with Gasteiger partial charge in [0.15, 0.2) is 0 Å². The van der Waals surface area contributed by atoms with Gasteiger partial charge in [-0.25, -0.2) is 0 Å². The number of halogens is 6. The number of carbonyl (C=O) groups excluding carboxylic acids is 1. The zero-order valence-corrected chi connectivity index (χ0v) is 11.2. The first-order valence-corrected chi connectivity index (χ1v) is 5.98. The Kier molecular flexibility index (Phi) is 5.28. The molecule has 0 heterocycles. The molecule has 0 radical (unpaired) electrons. The van der Waals surface area contributed by atoms with E-state index in [-0.39, 0.29) is 5.56 Å². The second kappa shape index (κ2) is 6.47. The van der Waals surface area contributed by atoms with Crippen LogP contribution in [-0.2, 0) is 20.9 Å². The van der Waals surface area contributed by atoms with Crippen LogP contribution in [0.5, 0.6) is 0 Å².